The summed E-state index contributed by atoms with van der Waals surface area (Å²) in [5.74, 6) is -0.0173. The van der Waals surface area contributed by atoms with Crippen molar-refractivity contribution in [2.75, 3.05) is 11.0 Å². The number of alkyl halides is 1. The minimum atomic E-state index is -0.0173. The number of halogens is 1. The second-order valence-corrected chi connectivity index (χ2v) is 7.69. The van der Waals surface area contributed by atoms with Crippen molar-refractivity contribution in [3.8, 4) is 0 Å². The summed E-state index contributed by atoms with van der Waals surface area (Å²) in [4.78, 5) is 11.3. The molecule has 23 heavy (non-hydrogen) atoms. The fourth-order valence-electron chi connectivity index (χ4n) is 2.87. The maximum atomic E-state index is 11.3. The van der Waals surface area contributed by atoms with Crippen LogP contribution < -0.4 is 0 Å². The number of esters is 1. The van der Waals surface area contributed by atoms with Crippen molar-refractivity contribution >= 4 is 28.6 Å². The highest BCUT2D eigenvalue weighted by atomic mass is 127. The number of hydrogen-bond donors (Lipinski definition) is 0. The summed E-state index contributed by atoms with van der Waals surface area (Å²) in [6.07, 6.45) is 21.0. The molecule has 0 aliphatic carbocycles. The van der Waals surface area contributed by atoms with Crippen LogP contribution in [0.4, 0.5) is 0 Å². The van der Waals surface area contributed by atoms with Gasteiger partial charge in [-0.15, -0.1) is 0 Å². The van der Waals surface area contributed by atoms with Crippen LogP contribution >= 0.6 is 22.6 Å². The van der Waals surface area contributed by atoms with E-state index in [1.807, 2.05) is 0 Å². The van der Waals surface area contributed by atoms with E-state index in [0.29, 0.717) is 13.0 Å². The van der Waals surface area contributed by atoms with Crippen LogP contribution in [0.1, 0.15) is 110 Å². The van der Waals surface area contributed by atoms with Gasteiger partial charge in [0.15, 0.2) is 0 Å². The molecule has 0 saturated carbocycles. The molecule has 0 aromatic carbocycles. The largest absolute Gasteiger partial charge is 0.465 e. The molecule has 0 N–H and O–H groups in total. The van der Waals surface area contributed by atoms with Crippen molar-refractivity contribution in [2.24, 2.45) is 0 Å². The van der Waals surface area contributed by atoms with E-state index in [4.69, 9.17) is 4.74 Å². The van der Waals surface area contributed by atoms with Gasteiger partial charge in [-0.25, -0.2) is 0 Å². The van der Waals surface area contributed by atoms with Gasteiger partial charge in [0, 0.05) is 10.8 Å². The average molecular weight is 438 g/mol. The molecule has 0 saturated heterocycles. The molecule has 0 aliphatic heterocycles. The lowest BCUT2D eigenvalue weighted by molar-refractivity contribution is -0.143. The van der Waals surface area contributed by atoms with Crippen LogP contribution in [0.5, 0.6) is 0 Å². The van der Waals surface area contributed by atoms with E-state index in [1.165, 1.54) is 89.9 Å². The first-order valence-corrected chi connectivity index (χ1v) is 11.6. The predicted octanol–water partition coefficient (Wildman–Crippen LogP) is 7.23. The van der Waals surface area contributed by atoms with Crippen LogP contribution in [0.15, 0.2) is 0 Å². The maximum Gasteiger partial charge on any atom is 0.305 e. The molecule has 0 unspecified atom stereocenters. The normalized spacial score (nSPS) is 10.9. The van der Waals surface area contributed by atoms with Crippen LogP contribution in [0.2, 0.25) is 0 Å². The Bertz CT molecular complexity index is 244. The molecule has 0 aliphatic rings. The van der Waals surface area contributed by atoms with Gasteiger partial charge in [0.1, 0.15) is 6.61 Å². The third-order valence-corrected chi connectivity index (χ3v) is 4.77. The zero-order valence-corrected chi connectivity index (χ0v) is 17.6. The molecule has 0 spiro atoms. The Morgan fingerprint density at radius 3 is 1.48 bits per heavy atom. The van der Waals surface area contributed by atoms with Gasteiger partial charge in [0.2, 0.25) is 0 Å². The van der Waals surface area contributed by atoms with Crippen LogP contribution in [0, 0.1) is 0 Å². The summed E-state index contributed by atoms with van der Waals surface area (Å²) >= 11 is 2.22. The highest BCUT2D eigenvalue weighted by Gasteiger charge is 2.01. The molecule has 2 nitrogen and oxygen atoms in total. The Hall–Kier alpha value is 0.200. The highest BCUT2D eigenvalue weighted by molar-refractivity contribution is 14.1. The second kappa shape index (κ2) is 20.2. The fraction of sp³-hybridized carbons (Fsp3) is 0.950. The number of carbonyl (C=O) groups excluding carboxylic acids is 1. The second-order valence-electron chi connectivity index (χ2n) is 6.61. The average Bonchev–Trinajstić information content (AvgIpc) is 2.56. The molecule has 0 fully saturated rings. The Kier molecular flexibility index (Phi) is 20.4. The lowest BCUT2D eigenvalue weighted by Gasteiger charge is -2.04. The highest BCUT2D eigenvalue weighted by Crippen LogP contribution is 2.13. The molecule has 3 heteroatoms. The summed E-state index contributed by atoms with van der Waals surface area (Å²) in [7, 11) is 0. The number of carbonyl (C=O) groups is 1. The molecule has 0 aromatic heterocycles. The molecule has 0 heterocycles. The standard InChI is InChI=1S/C20H39IO2/c1-2-3-4-5-6-7-8-9-10-11-12-13-14-15-16-17-20(22)23-19-18-21/h2-19H2,1H3. The Morgan fingerprint density at radius 1 is 0.696 bits per heavy atom. The van der Waals surface area contributed by atoms with Gasteiger partial charge in [0.05, 0.1) is 0 Å². The van der Waals surface area contributed by atoms with Gasteiger partial charge in [-0.05, 0) is 6.42 Å². The van der Waals surface area contributed by atoms with Crippen LogP contribution in [0.3, 0.4) is 0 Å². The van der Waals surface area contributed by atoms with Gasteiger partial charge in [0.25, 0.3) is 0 Å². The Labute approximate surface area is 158 Å². The summed E-state index contributed by atoms with van der Waals surface area (Å²) in [5, 5.41) is 0. The molecular formula is C20H39IO2. The molecule has 0 radical (unpaired) electrons. The number of unbranched alkanes of at least 4 members (excludes halogenated alkanes) is 14. The van der Waals surface area contributed by atoms with Crippen molar-refractivity contribution in [3.05, 3.63) is 0 Å². The van der Waals surface area contributed by atoms with Crippen molar-refractivity contribution in [1.29, 1.82) is 0 Å². The fourth-order valence-corrected chi connectivity index (χ4v) is 3.09. The molecule has 0 amide bonds. The topological polar surface area (TPSA) is 26.3 Å². The first-order valence-electron chi connectivity index (χ1n) is 10.0. The van der Waals surface area contributed by atoms with Gasteiger partial charge < -0.3 is 4.74 Å². The zero-order chi connectivity index (χ0) is 17.0. The molecular weight excluding hydrogens is 399 g/mol. The van der Waals surface area contributed by atoms with Gasteiger partial charge >= 0.3 is 5.97 Å². The lowest BCUT2D eigenvalue weighted by atomic mass is 10.0. The van der Waals surface area contributed by atoms with E-state index >= 15 is 0 Å². The SMILES string of the molecule is CCCCCCCCCCCCCCCCCC(=O)OCCI. The molecule has 138 valence electrons. The summed E-state index contributed by atoms with van der Waals surface area (Å²) < 4.78 is 5.96. The minimum absolute atomic E-state index is 0.0173. The van der Waals surface area contributed by atoms with Crippen molar-refractivity contribution in [2.45, 2.75) is 110 Å². The monoisotopic (exact) mass is 438 g/mol. The molecule has 0 rings (SSSR count). The Morgan fingerprint density at radius 2 is 1.09 bits per heavy atom. The predicted molar refractivity (Wildman–Crippen MR) is 109 cm³/mol. The number of ether oxygens (including phenoxy) is 1. The van der Waals surface area contributed by atoms with E-state index in [-0.39, 0.29) is 5.97 Å². The van der Waals surface area contributed by atoms with Gasteiger partial charge in [-0.3, -0.25) is 4.79 Å². The van der Waals surface area contributed by atoms with Crippen LogP contribution in [-0.4, -0.2) is 17.0 Å². The van der Waals surface area contributed by atoms with E-state index < -0.39 is 0 Å². The van der Waals surface area contributed by atoms with E-state index in [1.54, 1.807) is 0 Å². The smallest absolute Gasteiger partial charge is 0.305 e. The van der Waals surface area contributed by atoms with Crippen LogP contribution in [-0.2, 0) is 9.53 Å². The zero-order valence-electron chi connectivity index (χ0n) is 15.4. The van der Waals surface area contributed by atoms with E-state index in [9.17, 15) is 4.79 Å². The quantitative estimate of drug-likeness (QED) is 0.0977. The third kappa shape index (κ3) is 20.2. The minimum Gasteiger partial charge on any atom is -0.465 e. The van der Waals surface area contributed by atoms with Gasteiger partial charge in [-0.2, -0.15) is 0 Å². The van der Waals surface area contributed by atoms with Crippen LogP contribution in [0.25, 0.3) is 0 Å². The lowest BCUT2D eigenvalue weighted by Crippen LogP contribution is -2.05. The maximum absolute atomic E-state index is 11.3. The molecule has 0 atom stereocenters. The van der Waals surface area contributed by atoms with Crippen molar-refractivity contribution < 1.29 is 9.53 Å². The Balaban J connectivity index is 3.04. The third-order valence-electron chi connectivity index (χ3n) is 4.32. The molecule has 0 bridgehead atoms. The van der Waals surface area contributed by atoms with E-state index in [0.717, 1.165) is 10.8 Å². The summed E-state index contributed by atoms with van der Waals surface area (Å²) in [6.45, 7) is 2.85. The van der Waals surface area contributed by atoms with Crippen molar-refractivity contribution in [3.63, 3.8) is 0 Å². The summed E-state index contributed by atoms with van der Waals surface area (Å²) in [6, 6.07) is 0. The first-order chi connectivity index (χ1) is 11.3. The molecule has 0 aromatic rings. The van der Waals surface area contributed by atoms with Gasteiger partial charge in [-0.1, -0.05) is 119 Å². The number of rotatable bonds is 18. The van der Waals surface area contributed by atoms with Crippen molar-refractivity contribution in [1.82, 2.24) is 0 Å². The van der Waals surface area contributed by atoms with E-state index in [2.05, 4.69) is 29.5 Å². The number of hydrogen-bond acceptors (Lipinski definition) is 2. The summed E-state index contributed by atoms with van der Waals surface area (Å²) in [5.41, 5.74) is 0. The first kappa shape index (κ1) is 23.2.